The van der Waals surface area contributed by atoms with Gasteiger partial charge in [0.15, 0.2) is 5.78 Å². The van der Waals surface area contributed by atoms with Gasteiger partial charge in [-0.15, -0.1) is 11.3 Å². The molecule has 45 heavy (non-hydrogen) atoms. The van der Waals surface area contributed by atoms with E-state index in [0.29, 0.717) is 22.1 Å². The number of aromatic carboxylic acids is 1. The molecule has 1 saturated carbocycles. The first-order valence-electron chi connectivity index (χ1n) is 15.4. The van der Waals surface area contributed by atoms with Crippen LogP contribution in [0.15, 0.2) is 84.9 Å². The van der Waals surface area contributed by atoms with Crippen LogP contribution in [-0.4, -0.2) is 33.5 Å². The second kappa shape index (κ2) is 12.0. The van der Waals surface area contributed by atoms with Crippen molar-refractivity contribution in [2.75, 3.05) is 7.11 Å². The molecular formula is C38H34N2O4S. The van der Waals surface area contributed by atoms with Crippen LogP contribution < -0.4 is 4.74 Å². The van der Waals surface area contributed by atoms with Crippen LogP contribution in [0.2, 0.25) is 0 Å². The molecule has 0 bridgehead atoms. The minimum absolute atomic E-state index is 0.0423. The van der Waals surface area contributed by atoms with Crippen molar-refractivity contribution in [3.8, 4) is 28.3 Å². The van der Waals surface area contributed by atoms with Crippen molar-refractivity contribution in [2.24, 2.45) is 0 Å². The fourth-order valence-corrected chi connectivity index (χ4v) is 7.79. The van der Waals surface area contributed by atoms with Gasteiger partial charge in [0.1, 0.15) is 10.6 Å². The maximum absolute atomic E-state index is 13.8. The Morgan fingerprint density at radius 2 is 1.64 bits per heavy atom. The second-order valence-electron chi connectivity index (χ2n) is 11.9. The summed E-state index contributed by atoms with van der Waals surface area (Å²) in [4.78, 5) is 31.2. The van der Waals surface area contributed by atoms with E-state index in [0.717, 1.165) is 69.3 Å². The first-order chi connectivity index (χ1) is 21.9. The number of carbonyl (C=O) groups excluding carboxylic acids is 1. The average molecular weight is 615 g/mol. The molecule has 0 aliphatic heterocycles. The normalized spacial score (nSPS) is 13.8. The SMILES string of the molecule is COc1ccc(C(=O)Cn2c(-c3ccc4nc(-c5ccc(C)cc5)ccc4c3)c(C3CCCCC3)c3sc(C(=O)O)cc32)cc1. The fourth-order valence-electron chi connectivity index (χ4n) is 6.67. The third kappa shape index (κ3) is 5.53. The molecule has 0 atom stereocenters. The van der Waals surface area contributed by atoms with Crippen molar-refractivity contribution in [1.82, 2.24) is 9.55 Å². The molecule has 0 radical (unpaired) electrons. The number of aromatic nitrogens is 2. The van der Waals surface area contributed by atoms with Crippen LogP contribution in [0, 0.1) is 6.92 Å². The van der Waals surface area contributed by atoms with Gasteiger partial charge in [-0.2, -0.15) is 0 Å². The molecule has 0 amide bonds. The summed E-state index contributed by atoms with van der Waals surface area (Å²) in [5.41, 5.74) is 8.70. The maximum atomic E-state index is 13.8. The Bertz CT molecular complexity index is 2050. The number of hydrogen-bond donors (Lipinski definition) is 1. The smallest absolute Gasteiger partial charge is 0.345 e. The molecule has 3 heterocycles. The zero-order valence-corrected chi connectivity index (χ0v) is 26.2. The number of methoxy groups -OCH3 is 1. The summed E-state index contributed by atoms with van der Waals surface area (Å²) in [6.45, 7) is 2.18. The lowest BCUT2D eigenvalue weighted by Crippen LogP contribution is -2.13. The van der Waals surface area contributed by atoms with Crippen LogP contribution in [0.5, 0.6) is 5.75 Å². The molecule has 3 aromatic heterocycles. The predicted octanol–water partition coefficient (Wildman–Crippen LogP) is 9.53. The molecule has 1 N–H and O–H groups in total. The van der Waals surface area contributed by atoms with Gasteiger partial charge in [-0.3, -0.25) is 4.79 Å². The largest absolute Gasteiger partial charge is 0.497 e. The molecule has 226 valence electrons. The van der Waals surface area contributed by atoms with Gasteiger partial charge >= 0.3 is 5.97 Å². The first kappa shape index (κ1) is 29.0. The number of ether oxygens (including phenoxy) is 1. The number of nitrogens with zero attached hydrogens (tertiary/aromatic N) is 2. The maximum Gasteiger partial charge on any atom is 0.345 e. The average Bonchev–Trinajstić information content (AvgIpc) is 3.63. The highest BCUT2D eigenvalue weighted by atomic mass is 32.1. The van der Waals surface area contributed by atoms with Gasteiger partial charge in [-0.25, -0.2) is 9.78 Å². The first-order valence-corrected chi connectivity index (χ1v) is 16.3. The van der Waals surface area contributed by atoms with Gasteiger partial charge in [0.25, 0.3) is 0 Å². The van der Waals surface area contributed by atoms with Crippen LogP contribution in [0.1, 0.15) is 69.2 Å². The van der Waals surface area contributed by atoms with Crippen LogP contribution in [-0.2, 0) is 6.54 Å². The molecule has 6 nitrogen and oxygen atoms in total. The van der Waals surface area contributed by atoms with E-state index < -0.39 is 5.97 Å². The van der Waals surface area contributed by atoms with Crippen LogP contribution in [0.3, 0.4) is 0 Å². The third-order valence-electron chi connectivity index (χ3n) is 9.02. The number of carbonyl (C=O) groups is 2. The molecule has 7 rings (SSSR count). The molecule has 0 spiro atoms. The molecule has 1 aliphatic carbocycles. The summed E-state index contributed by atoms with van der Waals surface area (Å²) in [6.07, 6.45) is 5.59. The number of fused-ring (bicyclic) bond motifs is 2. The van der Waals surface area contributed by atoms with Crippen molar-refractivity contribution in [3.05, 3.63) is 106 Å². The van der Waals surface area contributed by atoms with Crippen LogP contribution in [0.4, 0.5) is 0 Å². The van der Waals surface area contributed by atoms with E-state index >= 15 is 0 Å². The summed E-state index contributed by atoms with van der Waals surface area (Å²) >= 11 is 1.33. The predicted molar refractivity (Wildman–Crippen MR) is 181 cm³/mol. The van der Waals surface area contributed by atoms with Gasteiger partial charge in [-0.1, -0.05) is 61.2 Å². The highest BCUT2D eigenvalue weighted by Crippen LogP contribution is 2.47. The lowest BCUT2D eigenvalue weighted by Gasteiger charge is -2.23. The van der Waals surface area contributed by atoms with E-state index in [4.69, 9.17) is 9.72 Å². The molecule has 0 unspecified atom stereocenters. The zero-order chi connectivity index (χ0) is 31.1. The number of aryl methyl sites for hydroxylation is 1. The molecule has 1 fully saturated rings. The Hall–Kier alpha value is -4.75. The van der Waals surface area contributed by atoms with Crippen LogP contribution in [0.25, 0.3) is 43.6 Å². The topological polar surface area (TPSA) is 81.4 Å². The van der Waals surface area contributed by atoms with E-state index in [1.165, 1.54) is 28.9 Å². The van der Waals surface area contributed by atoms with Gasteiger partial charge in [0.2, 0.25) is 0 Å². The highest BCUT2D eigenvalue weighted by molar-refractivity contribution is 7.21. The summed E-state index contributed by atoms with van der Waals surface area (Å²) in [7, 11) is 1.60. The lowest BCUT2D eigenvalue weighted by atomic mass is 9.83. The number of thiophene rings is 1. The second-order valence-corrected chi connectivity index (χ2v) is 13.0. The van der Waals surface area contributed by atoms with E-state index in [1.54, 1.807) is 37.4 Å². The van der Waals surface area contributed by atoms with Gasteiger partial charge in [0, 0.05) is 16.5 Å². The van der Waals surface area contributed by atoms with Crippen molar-refractivity contribution in [3.63, 3.8) is 0 Å². The number of hydrogen-bond acceptors (Lipinski definition) is 5. The molecule has 3 aromatic carbocycles. The number of carboxylic acid groups (broad SMARTS) is 1. The molecule has 1 aliphatic rings. The molecule has 0 saturated heterocycles. The number of Topliss-reactive ketones (excluding diaryl/α,β-unsaturated/α-hetero) is 1. The number of pyridine rings is 1. The Morgan fingerprint density at radius 1 is 0.911 bits per heavy atom. The zero-order valence-electron chi connectivity index (χ0n) is 25.4. The quantitative estimate of drug-likeness (QED) is 0.173. The Kier molecular flexibility index (Phi) is 7.71. The summed E-state index contributed by atoms with van der Waals surface area (Å²) in [5, 5.41) is 11.0. The molecular weight excluding hydrogens is 580 g/mol. The molecule has 6 aromatic rings. The van der Waals surface area contributed by atoms with Gasteiger partial charge < -0.3 is 14.4 Å². The lowest BCUT2D eigenvalue weighted by molar-refractivity contribution is 0.0702. The van der Waals surface area contributed by atoms with Crippen molar-refractivity contribution < 1.29 is 19.4 Å². The number of benzene rings is 3. The monoisotopic (exact) mass is 614 g/mol. The summed E-state index contributed by atoms with van der Waals surface area (Å²) < 4.78 is 8.33. The summed E-state index contributed by atoms with van der Waals surface area (Å²) in [5.74, 6) is 0.00171. The minimum Gasteiger partial charge on any atom is -0.497 e. The third-order valence-corrected chi connectivity index (χ3v) is 10.2. The van der Waals surface area contributed by atoms with Crippen molar-refractivity contribution >= 4 is 44.2 Å². The van der Waals surface area contributed by atoms with Gasteiger partial charge in [-0.05, 0) is 85.3 Å². The number of ketones is 1. The summed E-state index contributed by atoms with van der Waals surface area (Å²) in [6, 6.07) is 27.8. The Labute approximate surface area is 265 Å². The number of carboxylic acids is 1. The van der Waals surface area contributed by atoms with Crippen LogP contribution >= 0.6 is 11.3 Å². The van der Waals surface area contributed by atoms with E-state index in [-0.39, 0.29) is 12.3 Å². The van der Waals surface area contributed by atoms with Crippen molar-refractivity contribution in [1.29, 1.82) is 0 Å². The number of rotatable bonds is 8. The Balaban J connectivity index is 1.39. The van der Waals surface area contributed by atoms with Gasteiger partial charge in [0.05, 0.1) is 40.8 Å². The van der Waals surface area contributed by atoms with E-state index in [2.05, 4.69) is 66.1 Å². The minimum atomic E-state index is -0.943. The molecule has 7 heteroatoms. The Morgan fingerprint density at radius 3 is 2.36 bits per heavy atom. The van der Waals surface area contributed by atoms with E-state index in [9.17, 15) is 14.7 Å². The highest BCUT2D eigenvalue weighted by Gasteiger charge is 2.30. The van der Waals surface area contributed by atoms with E-state index in [1.807, 2.05) is 0 Å². The van der Waals surface area contributed by atoms with Crippen molar-refractivity contribution in [2.45, 2.75) is 51.5 Å². The fraction of sp³-hybridized carbons (Fsp3) is 0.237. The standard InChI is InChI=1S/C38H34N2O4S/c1-23-8-10-24(11-9-23)30-18-14-27-20-28(15-19-31(27)39-30)36-35(26-6-4-3-5-7-26)37-32(21-34(45-37)38(42)43)40(36)22-33(41)25-12-16-29(44-2)17-13-25/h8-21,26H,3-7,22H2,1-2H3,(H,42,43).